The van der Waals surface area contributed by atoms with Gasteiger partial charge in [-0.25, -0.2) is 0 Å². The average molecular weight is 280 g/mol. The lowest BCUT2D eigenvalue weighted by molar-refractivity contribution is -0.130. The maximum absolute atomic E-state index is 12.6. The topological polar surface area (TPSA) is 32.3 Å². The molecule has 1 N–H and O–H groups in total. The molecule has 2 rings (SSSR count). The van der Waals surface area contributed by atoms with E-state index in [1.54, 1.807) is 0 Å². The number of carbonyl (C=O) groups excluding carboxylic acids is 1. The molecule has 0 aromatic heterocycles. The minimum absolute atomic E-state index is 0.0718. The van der Waals surface area contributed by atoms with Crippen molar-refractivity contribution in [2.45, 2.75) is 78.4 Å². The highest BCUT2D eigenvalue weighted by atomic mass is 16.2. The van der Waals surface area contributed by atoms with Gasteiger partial charge in [0, 0.05) is 6.54 Å². The summed E-state index contributed by atoms with van der Waals surface area (Å²) in [5, 5.41) is 3.58. The van der Waals surface area contributed by atoms with Crippen LogP contribution in [0.4, 0.5) is 0 Å². The molecule has 0 aromatic carbocycles. The summed E-state index contributed by atoms with van der Waals surface area (Å²) in [5.74, 6) is 2.56. The molecule has 2 aliphatic rings. The number of hydrogen-bond acceptors (Lipinski definition) is 2. The molecule has 116 valence electrons. The minimum Gasteiger partial charge on any atom is -0.326 e. The van der Waals surface area contributed by atoms with Crippen LogP contribution in [0.5, 0.6) is 0 Å². The number of rotatable bonds is 6. The Morgan fingerprint density at radius 2 is 2.10 bits per heavy atom. The van der Waals surface area contributed by atoms with Crippen LogP contribution in [-0.2, 0) is 4.79 Å². The molecule has 0 spiro atoms. The van der Waals surface area contributed by atoms with E-state index in [0.717, 1.165) is 37.6 Å². The van der Waals surface area contributed by atoms with E-state index in [1.165, 1.54) is 19.3 Å². The fourth-order valence-electron chi connectivity index (χ4n) is 3.87. The average Bonchev–Trinajstić information content (AvgIpc) is 2.89. The highest BCUT2D eigenvalue weighted by Gasteiger charge is 2.39. The molecule has 4 atom stereocenters. The highest BCUT2D eigenvalue weighted by molar-refractivity contribution is 5.84. The maximum Gasteiger partial charge on any atom is 0.241 e. The third-order valence-electron chi connectivity index (χ3n) is 4.88. The van der Waals surface area contributed by atoms with Gasteiger partial charge in [-0.1, -0.05) is 40.5 Å². The van der Waals surface area contributed by atoms with Crippen LogP contribution in [0.15, 0.2) is 0 Å². The zero-order valence-corrected chi connectivity index (χ0v) is 13.7. The summed E-state index contributed by atoms with van der Waals surface area (Å²) >= 11 is 0. The third-order valence-corrected chi connectivity index (χ3v) is 4.88. The molecule has 1 saturated heterocycles. The van der Waals surface area contributed by atoms with Crippen molar-refractivity contribution in [2.24, 2.45) is 17.8 Å². The van der Waals surface area contributed by atoms with Crippen LogP contribution in [0, 0.1) is 17.8 Å². The van der Waals surface area contributed by atoms with Crippen molar-refractivity contribution in [3.05, 3.63) is 0 Å². The van der Waals surface area contributed by atoms with Crippen LogP contribution in [0.25, 0.3) is 0 Å². The molecule has 1 saturated carbocycles. The Hall–Kier alpha value is -0.570. The van der Waals surface area contributed by atoms with Crippen molar-refractivity contribution in [3.63, 3.8) is 0 Å². The van der Waals surface area contributed by atoms with Crippen molar-refractivity contribution >= 4 is 5.91 Å². The van der Waals surface area contributed by atoms with Crippen LogP contribution in [0.2, 0.25) is 0 Å². The van der Waals surface area contributed by atoms with Gasteiger partial charge in [-0.05, 0) is 43.4 Å². The Morgan fingerprint density at radius 1 is 1.35 bits per heavy atom. The van der Waals surface area contributed by atoms with Crippen LogP contribution in [0.3, 0.4) is 0 Å². The van der Waals surface area contributed by atoms with Gasteiger partial charge in [0.05, 0.1) is 12.2 Å². The zero-order chi connectivity index (χ0) is 14.7. The lowest BCUT2D eigenvalue weighted by atomic mass is 10.0. The van der Waals surface area contributed by atoms with Gasteiger partial charge in [0.1, 0.15) is 0 Å². The Balaban J connectivity index is 1.99. The Kier molecular flexibility index (Phi) is 5.48. The summed E-state index contributed by atoms with van der Waals surface area (Å²) < 4.78 is 0. The molecule has 1 heterocycles. The molecule has 0 radical (unpaired) electrons. The number of nitrogens with zero attached hydrogens (tertiary/aromatic N) is 1. The minimum atomic E-state index is 0.0718. The highest BCUT2D eigenvalue weighted by Crippen LogP contribution is 2.32. The zero-order valence-electron chi connectivity index (χ0n) is 13.7. The first-order chi connectivity index (χ1) is 9.51. The monoisotopic (exact) mass is 280 g/mol. The van der Waals surface area contributed by atoms with Gasteiger partial charge in [0.15, 0.2) is 0 Å². The molecule has 3 nitrogen and oxygen atoms in total. The number of hydrogen-bond donors (Lipinski definition) is 1. The second kappa shape index (κ2) is 6.93. The predicted octanol–water partition coefficient (Wildman–Crippen LogP) is 3.40. The van der Waals surface area contributed by atoms with E-state index in [9.17, 15) is 4.79 Å². The molecular weight excluding hydrogens is 248 g/mol. The Morgan fingerprint density at radius 3 is 2.65 bits per heavy atom. The maximum atomic E-state index is 12.6. The third kappa shape index (κ3) is 3.75. The number of carbonyl (C=O) groups is 1. The molecule has 0 aromatic rings. The van der Waals surface area contributed by atoms with Gasteiger partial charge >= 0.3 is 0 Å². The second-order valence-electron chi connectivity index (χ2n) is 7.43. The van der Waals surface area contributed by atoms with E-state index in [1.807, 2.05) is 0 Å². The molecule has 2 fully saturated rings. The van der Waals surface area contributed by atoms with Crippen LogP contribution in [0.1, 0.15) is 66.2 Å². The molecular formula is C17H32N2O. The summed E-state index contributed by atoms with van der Waals surface area (Å²) in [6.45, 7) is 9.97. The lowest BCUT2D eigenvalue weighted by Gasteiger charge is -2.28. The van der Waals surface area contributed by atoms with Gasteiger partial charge in [-0.2, -0.15) is 0 Å². The van der Waals surface area contributed by atoms with Gasteiger partial charge in [-0.15, -0.1) is 0 Å². The SMILES string of the molecule is CCCC1NC(CC(C)C)N(CC2CCC(C)C2)C1=O. The standard InChI is InChI=1S/C17H32N2O/c1-5-6-15-17(20)19(16(18-15)9-12(2)3)11-14-8-7-13(4)10-14/h12-16,18H,5-11H2,1-4H3. The first kappa shape index (κ1) is 15.8. The van der Waals surface area contributed by atoms with E-state index in [0.29, 0.717) is 11.8 Å². The fraction of sp³-hybridized carbons (Fsp3) is 0.941. The van der Waals surface area contributed by atoms with Gasteiger partial charge in [0.2, 0.25) is 5.91 Å². The second-order valence-corrected chi connectivity index (χ2v) is 7.43. The molecule has 1 amide bonds. The van der Waals surface area contributed by atoms with Crippen LogP contribution < -0.4 is 5.32 Å². The Bertz CT molecular complexity index is 329. The normalized spacial score (nSPS) is 34.5. The summed E-state index contributed by atoms with van der Waals surface area (Å²) in [5.41, 5.74) is 0. The van der Waals surface area contributed by atoms with Crippen molar-refractivity contribution < 1.29 is 4.79 Å². The van der Waals surface area contributed by atoms with Crippen molar-refractivity contribution in [3.8, 4) is 0 Å². The van der Waals surface area contributed by atoms with E-state index >= 15 is 0 Å². The van der Waals surface area contributed by atoms with E-state index < -0.39 is 0 Å². The van der Waals surface area contributed by atoms with Gasteiger partial charge in [-0.3, -0.25) is 10.1 Å². The molecule has 1 aliphatic carbocycles. The Labute approximate surface area is 124 Å². The van der Waals surface area contributed by atoms with Gasteiger partial charge in [0.25, 0.3) is 0 Å². The predicted molar refractivity (Wildman–Crippen MR) is 83.3 cm³/mol. The smallest absolute Gasteiger partial charge is 0.241 e. The summed E-state index contributed by atoms with van der Waals surface area (Å²) in [6.07, 6.45) is 7.35. The van der Waals surface area contributed by atoms with E-state index in [4.69, 9.17) is 0 Å². The van der Waals surface area contributed by atoms with Gasteiger partial charge < -0.3 is 4.90 Å². The largest absolute Gasteiger partial charge is 0.326 e. The first-order valence-electron chi connectivity index (χ1n) is 8.57. The molecule has 1 aliphatic heterocycles. The van der Waals surface area contributed by atoms with Crippen molar-refractivity contribution in [1.29, 1.82) is 0 Å². The molecule has 3 heteroatoms. The van der Waals surface area contributed by atoms with Crippen LogP contribution >= 0.6 is 0 Å². The summed E-state index contributed by atoms with van der Waals surface area (Å²) in [6, 6.07) is 0.0718. The van der Waals surface area contributed by atoms with E-state index in [-0.39, 0.29) is 12.2 Å². The van der Waals surface area contributed by atoms with Crippen LogP contribution in [-0.4, -0.2) is 29.6 Å². The molecule has 20 heavy (non-hydrogen) atoms. The van der Waals surface area contributed by atoms with Crippen molar-refractivity contribution in [1.82, 2.24) is 10.2 Å². The van der Waals surface area contributed by atoms with E-state index in [2.05, 4.69) is 37.9 Å². The number of amides is 1. The first-order valence-corrected chi connectivity index (χ1v) is 8.57. The number of nitrogens with one attached hydrogen (secondary N) is 1. The summed E-state index contributed by atoms with van der Waals surface area (Å²) in [7, 11) is 0. The summed E-state index contributed by atoms with van der Waals surface area (Å²) in [4.78, 5) is 14.8. The van der Waals surface area contributed by atoms with Crippen molar-refractivity contribution in [2.75, 3.05) is 6.54 Å². The molecule has 4 unspecified atom stereocenters. The molecule has 0 bridgehead atoms. The fourth-order valence-corrected chi connectivity index (χ4v) is 3.87. The quantitative estimate of drug-likeness (QED) is 0.809. The lowest BCUT2D eigenvalue weighted by Crippen LogP contribution is -2.41.